The standard InChI is InChI=1S/C16H26N4O10/c1-6(17)13(26)20-12(7(2)21)15(28)19-9(5-11(24)25)14(27)18-8(16(29)30)3-4-10(22)23/h6-9,12,21H,3-5,17H2,1-2H3,(H,18,27)(H,19,28)(H,20,26)(H,22,23)(H,24,25)(H,29,30). The Bertz CT molecular complexity index is 679. The highest BCUT2D eigenvalue weighted by atomic mass is 16.4. The van der Waals surface area contributed by atoms with Crippen molar-refractivity contribution in [3.05, 3.63) is 0 Å². The van der Waals surface area contributed by atoms with Gasteiger partial charge in [0.05, 0.1) is 18.6 Å². The first-order chi connectivity index (χ1) is 13.8. The fourth-order valence-corrected chi connectivity index (χ4v) is 2.13. The second-order valence-corrected chi connectivity index (χ2v) is 6.51. The summed E-state index contributed by atoms with van der Waals surface area (Å²) >= 11 is 0. The van der Waals surface area contributed by atoms with Gasteiger partial charge >= 0.3 is 17.9 Å². The average molecular weight is 434 g/mol. The highest BCUT2D eigenvalue weighted by Crippen LogP contribution is 2.03. The third-order valence-electron chi connectivity index (χ3n) is 3.75. The Labute approximate surface area is 170 Å². The lowest BCUT2D eigenvalue weighted by Crippen LogP contribution is -2.59. The molecule has 0 aromatic carbocycles. The van der Waals surface area contributed by atoms with Gasteiger partial charge in [-0.1, -0.05) is 0 Å². The minimum absolute atomic E-state index is 0.481. The van der Waals surface area contributed by atoms with Crippen LogP contribution < -0.4 is 21.7 Å². The Balaban J connectivity index is 5.40. The maximum absolute atomic E-state index is 12.4. The number of carboxylic acid groups (broad SMARTS) is 3. The average Bonchev–Trinajstić information content (AvgIpc) is 2.60. The smallest absolute Gasteiger partial charge is 0.326 e. The quantitative estimate of drug-likeness (QED) is 0.142. The predicted octanol–water partition coefficient (Wildman–Crippen LogP) is -3.41. The zero-order chi connectivity index (χ0) is 23.6. The van der Waals surface area contributed by atoms with E-state index in [1.807, 2.05) is 10.6 Å². The van der Waals surface area contributed by atoms with Crippen LogP contribution in [0.4, 0.5) is 0 Å². The van der Waals surface area contributed by atoms with E-state index < -0.39 is 85.2 Å². The first kappa shape index (κ1) is 26.7. The van der Waals surface area contributed by atoms with E-state index in [0.29, 0.717) is 0 Å². The van der Waals surface area contributed by atoms with E-state index in [0.717, 1.165) is 6.92 Å². The van der Waals surface area contributed by atoms with E-state index in [1.165, 1.54) is 6.92 Å². The monoisotopic (exact) mass is 434 g/mol. The third kappa shape index (κ3) is 9.79. The van der Waals surface area contributed by atoms with Crippen LogP contribution in [0, 0.1) is 0 Å². The van der Waals surface area contributed by atoms with E-state index in [1.54, 1.807) is 0 Å². The fourth-order valence-electron chi connectivity index (χ4n) is 2.13. The van der Waals surface area contributed by atoms with Crippen molar-refractivity contribution in [3.8, 4) is 0 Å². The Morgan fingerprint density at radius 3 is 1.73 bits per heavy atom. The first-order valence-corrected chi connectivity index (χ1v) is 8.77. The summed E-state index contributed by atoms with van der Waals surface area (Å²) in [7, 11) is 0. The number of carbonyl (C=O) groups excluding carboxylic acids is 3. The van der Waals surface area contributed by atoms with Crippen LogP contribution in [0.1, 0.15) is 33.1 Å². The van der Waals surface area contributed by atoms with Crippen LogP contribution in [0.3, 0.4) is 0 Å². The predicted molar refractivity (Wildman–Crippen MR) is 97.9 cm³/mol. The van der Waals surface area contributed by atoms with Gasteiger partial charge in [-0.05, 0) is 20.3 Å². The molecule has 0 saturated heterocycles. The van der Waals surface area contributed by atoms with Gasteiger partial charge in [0.2, 0.25) is 17.7 Å². The van der Waals surface area contributed by atoms with Gasteiger partial charge in [0.25, 0.3) is 0 Å². The largest absolute Gasteiger partial charge is 0.481 e. The normalized spacial score (nSPS) is 15.6. The zero-order valence-corrected chi connectivity index (χ0v) is 16.3. The Morgan fingerprint density at radius 2 is 1.33 bits per heavy atom. The van der Waals surface area contributed by atoms with Crippen molar-refractivity contribution in [1.82, 2.24) is 16.0 Å². The van der Waals surface area contributed by atoms with Gasteiger partial charge in [-0.3, -0.25) is 24.0 Å². The molecule has 0 aliphatic carbocycles. The minimum atomic E-state index is -1.77. The lowest BCUT2D eigenvalue weighted by molar-refractivity contribution is -0.144. The summed E-state index contributed by atoms with van der Waals surface area (Å²) in [6.45, 7) is 2.47. The van der Waals surface area contributed by atoms with Crippen molar-refractivity contribution in [2.75, 3.05) is 0 Å². The summed E-state index contributed by atoms with van der Waals surface area (Å²) in [5.41, 5.74) is 5.37. The molecule has 0 aromatic rings. The molecule has 0 aromatic heterocycles. The van der Waals surface area contributed by atoms with Gasteiger partial charge in [0.15, 0.2) is 0 Å². The number of nitrogens with one attached hydrogen (secondary N) is 3. The van der Waals surface area contributed by atoms with Gasteiger partial charge in [-0.25, -0.2) is 4.79 Å². The second-order valence-electron chi connectivity index (χ2n) is 6.51. The molecule has 170 valence electrons. The van der Waals surface area contributed by atoms with Gasteiger partial charge < -0.3 is 42.1 Å². The molecule has 0 bridgehead atoms. The summed E-state index contributed by atoms with van der Waals surface area (Å²) < 4.78 is 0. The fraction of sp³-hybridized carbons (Fsp3) is 0.625. The van der Waals surface area contributed by atoms with Crippen molar-refractivity contribution in [2.24, 2.45) is 5.73 Å². The number of carbonyl (C=O) groups is 6. The molecule has 0 fully saturated rings. The van der Waals surface area contributed by atoms with Crippen molar-refractivity contribution >= 4 is 35.6 Å². The molecular weight excluding hydrogens is 408 g/mol. The SMILES string of the molecule is CC(N)C(=O)NC(C(=O)NC(CC(=O)O)C(=O)NC(CCC(=O)O)C(=O)O)C(C)O. The topological polar surface area (TPSA) is 245 Å². The van der Waals surface area contributed by atoms with Crippen molar-refractivity contribution in [1.29, 1.82) is 0 Å². The van der Waals surface area contributed by atoms with Crippen LogP contribution in [-0.2, 0) is 28.8 Å². The molecule has 5 atom stereocenters. The molecule has 14 nitrogen and oxygen atoms in total. The number of aliphatic carboxylic acids is 3. The molecule has 0 radical (unpaired) electrons. The molecule has 0 spiro atoms. The number of carboxylic acids is 3. The molecule has 3 amide bonds. The Morgan fingerprint density at radius 1 is 0.800 bits per heavy atom. The summed E-state index contributed by atoms with van der Waals surface area (Å²) in [6.07, 6.45) is -3.45. The molecule has 30 heavy (non-hydrogen) atoms. The molecule has 0 rings (SSSR count). The molecule has 5 unspecified atom stereocenters. The highest BCUT2D eigenvalue weighted by Gasteiger charge is 2.33. The minimum Gasteiger partial charge on any atom is -0.481 e. The third-order valence-corrected chi connectivity index (χ3v) is 3.75. The second kappa shape index (κ2) is 12.3. The lowest BCUT2D eigenvalue weighted by atomic mass is 10.1. The maximum Gasteiger partial charge on any atom is 0.326 e. The number of amides is 3. The Hall–Kier alpha value is -3.26. The molecule has 0 aliphatic heterocycles. The van der Waals surface area contributed by atoms with Crippen molar-refractivity contribution in [3.63, 3.8) is 0 Å². The molecular formula is C16H26N4O10. The summed E-state index contributed by atoms with van der Waals surface area (Å²) in [6, 6.07) is -6.01. The van der Waals surface area contributed by atoms with Crippen LogP contribution in [0.2, 0.25) is 0 Å². The van der Waals surface area contributed by atoms with E-state index in [-0.39, 0.29) is 0 Å². The number of hydrogen-bond donors (Lipinski definition) is 8. The van der Waals surface area contributed by atoms with E-state index in [2.05, 4.69) is 5.32 Å². The van der Waals surface area contributed by atoms with Crippen LogP contribution in [-0.4, -0.2) is 86.3 Å². The number of aliphatic hydroxyl groups is 1. The van der Waals surface area contributed by atoms with Crippen LogP contribution in [0.5, 0.6) is 0 Å². The number of nitrogens with two attached hydrogens (primary N) is 1. The molecule has 0 saturated carbocycles. The van der Waals surface area contributed by atoms with Gasteiger partial charge in [-0.15, -0.1) is 0 Å². The van der Waals surface area contributed by atoms with E-state index in [9.17, 15) is 33.9 Å². The highest BCUT2D eigenvalue weighted by molar-refractivity contribution is 5.95. The van der Waals surface area contributed by atoms with Crippen molar-refractivity contribution < 1.29 is 49.2 Å². The first-order valence-electron chi connectivity index (χ1n) is 8.77. The van der Waals surface area contributed by atoms with E-state index in [4.69, 9.17) is 21.1 Å². The van der Waals surface area contributed by atoms with Gasteiger partial charge in [0, 0.05) is 6.42 Å². The van der Waals surface area contributed by atoms with E-state index >= 15 is 0 Å². The zero-order valence-electron chi connectivity index (χ0n) is 16.3. The van der Waals surface area contributed by atoms with Crippen molar-refractivity contribution in [2.45, 2.75) is 63.4 Å². The lowest BCUT2D eigenvalue weighted by Gasteiger charge is -2.25. The Kier molecular flexibility index (Phi) is 11.0. The summed E-state index contributed by atoms with van der Waals surface area (Å²) in [5, 5.41) is 42.5. The van der Waals surface area contributed by atoms with Gasteiger partial charge in [-0.2, -0.15) is 0 Å². The van der Waals surface area contributed by atoms with Crippen LogP contribution >= 0.6 is 0 Å². The number of rotatable bonds is 13. The number of aliphatic hydroxyl groups excluding tert-OH is 1. The molecule has 14 heteroatoms. The number of hydrogen-bond acceptors (Lipinski definition) is 8. The molecule has 0 heterocycles. The maximum atomic E-state index is 12.4. The molecule has 9 N–H and O–H groups in total. The summed E-state index contributed by atoms with van der Waals surface area (Å²) in [5.74, 6) is -7.49. The van der Waals surface area contributed by atoms with Gasteiger partial charge in [0.1, 0.15) is 18.1 Å². The summed E-state index contributed by atoms with van der Waals surface area (Å²) in [4.78, 5) is 69.2. The van der Waals surface area contributed by atoms with Crippen LogP contribution in [0.25, 0.3) is 0 Å². The molecule has 0 aliphatic rings. The van der Waals surface area contributed by atoms with Crippen LogP contribution in [0.15, 0.2) is 0 Å².